The SMILES string of the molecule is CCC1CNCCC1(O)c1ccc2ncc(C(C)CCC(=O)NC=O)cc2c1. The van der Waals surface area contributed by atoms with Crippen molar-refractivity contribution >= 4 is 23.2 Å². The van der Waals surface area contributed by atoms with Crippen LogP contribution in [0.2, 0.25) is 0 Å². The van der Waals surface area contributed by atoms with Gasteiger partial charge in [0, 0.05) is 30.5 Å². The van der Waals surface area contributed by atoms with Crippen LogP contribution >= 0.6 is 0 Å². The van der Waals surface area contributed by atoms with E-state index >= 15 is 0 Å². The Kier molecular flexibility index (Phi) is 6.42. The molecule has 0 radical (unpaired) electrons. The second kappa shape index (κ2) is 8.80. The molecule has 0 bridgehead atoms. The Hall–Kier alpha value is -2.31. The number of aliphatic hydroxyl groups is 1. The summed E-state index contributed by atoms with van der Waals surface area (Å²) in [4.78, 5) is 26.4. The molecular formula is C22H29N3O3. The van der Waals surface area contributed by atoms with Crippen LogP contribution in [0.4, 0.5) is 0 Å². The van der Waals surface area contributed by atoms with Crippen LogP contribution in [-0.2, 0) is 15.2 Å². The lowest BCUT2D eigenvalue weighted by Gasteiger charge is -2.40. The molecule has 0 saturated carbocycles. The highest BCUT2D eigenvalue weighted by Crippen LogP contribution is 2.38. The Morgan fingerprint density at radius 3 is 3.04 bits per heavy atom. The van der Waals surface area contributed by atoms with E-state index in [2.05, 4.69) is 34.7 Å². The van der Waals surface area contributed by atoms with Gasteiger partial charge in [-0.1, -0.05) is 19.9 Å². The zero-order valence-corrected chi connectivity index (χ0v) is 16.6. The minimum absolute atomic E-state index is 0.142. The standard InChI is InChI=1S/C22H29N3O3/c1-3-18-13-23-9-8-22(18,28)19-5-6-20-16(11-19)10-17(12-24-20)15(2)4-7-21(27)25-14-26/h5-6,10-12,14-15,18,23,28H,3-4,7-9,13H2,1-2H3,(H,25,26,27). The first-order valence-electron chi connectivity index (χ1n) is 10.0. The van der Waals surface area contributed by atoms with E-state index < -0.39 is 5.60 Å². The van der Waals surface area contributed by atoms with Gasteiger partial charge in [0.05, 0.1) is 11.1 Å². The lowest BCUT2D eigenvalue weighted by Crippen LogP contribution is -2.47. The summed E-state index contributed by atoms with van der Waals surface area (Å²) in [7, 11) is 0. The van der Waals surface area contributed by atoms with E-state index in [1.807, 2.05) is 25.3 Å². The molecule has 1 aliphatic rings. The first kappa shape index (κ1) is 20.4. The number of imide groups is 1. The summed E-state index contributed by atoms with van der Waals surface area (Å²) < 4.78 is 0. The number of hydrogen-bond donors (Lipinski definition) is 3. The molecule has 0 aliphatic carbocycles. The number of aromatic nitrogens is 1. The zero-order chi connectivity index (χ0) is 20.1. The predicted molar refractivity (Wildman–Crippen MR) is 109 cm³/mol. The van der Waals surface area contributed by atoms with Gasteiger partial charge in [-0.2, -0.15) is 0 Å². The van der Waals surface area contributed by atoms with Crippen molar-refractivity contribution in [3.63, 3.8) is 0 Å². The van der Waals surface area contributed by atoms with Crippen LogP contribution in [0.3, 0.4) is 0 Å². The van der Waals surface area contributed by atoms with Gasteiger partial charge in [0.15, 0.2) is 0 Å². The average Bonchev–Trinajstić information content (AvgIpc) is 2.71. The second-order valence-corrected chi connectivity index (χ2v) is 7.78. The van der Waals surface area contributed by atoms with Crippen molar-refractivity contribution in [1.82, 2.24) is 15.6 Å². The van der Waals surface area contributed by atoms with Gasteiger partial charge in [0.25, 0.3) is 0 Å². The van der Waals surface area contributed by atoms with E-state index in [1.165, 1.54) is 0 Å². The Morgan fingerprint density at radius 2 is 2.29 bits per heavy atom. The molecule has 2 aromatic rings. The van der Waals surface area contributed by atoms with Crippen LogP contribution in [0, 0.1) is 5.92 Å². The van der Waals surface area contributed by atoms with E-state index in [0.717, 1.165) is 41.5 Å². The first-order chi connectivity index (χ1) is 13.5. The minimum Gasteiger partial charge on any atom is -0.385 e. The van der Waals surface area contributed by atoms with Gasteiger partial charge in [-0.05, 0) is 61.1 Å². The molecule has 1 saturated heterocycles. The zero-order valence-electron chi connectivity index (χ0n) is 16.6. The van der Waals surface area contributed by atoms with Crippen molar-refractivity contribution in [3.8, 4) is 0 Å². The molecule has 28 heavy (non-hydrogen) atoms. The van der Waals surface area contributed by atoms with Crippen LogP contribution in [-0.4, -0.2) is 35.5 Å². The van der Waals surface area contributed by atoms with Crippen LogP contribution < -0.4 is 10.6 Å². The number of benzene rings is 1. The third-order valence-electron chi connectivity index (χ3n) is 6.04. The summed E-state index contributed by atoms with van der Waals surface area (Å²) in [6.07, 6.45) is 4.81. The maximum atomic E-state index is 11.5. The van der Waals surface area contributed by atoms with Crippen LogP contribution in [0.15, 0.2) is 30.5 Å². The van der Waals surface area contributed by atoms with Crippen molar-refractivity contribution < 1.29 is 14.7 Å². The summed E-state index contributed by atoms with van der Waals surface area (Å²) in [6.45, 7) is 5.80. The van der Waals surface area contributed by atoms with Crippen LogP contribution in [0.25, 0.3) is 10.9 Å². The predicted octanol–water partition coefficient (Wildman–Crippen LogP) is 2.60. The van der Waals surface area contributed by atoms with E-state index in [1.54, 1.807) is 0 Å². The van der Waals surface area contributed by atoms with Crippen molar-refractivity contribution in [2.24, 2.45) is 5.92 Å². The molecule has 3 N–H and O–H groups in total. The van der Waals surface area contributed by atoms with E-state index in [4.69, 9.17) is 0 Å². The third kappa shape index (κ3) is 4.23. The smallest absolute Gasteiger partial charge is 0.226 e. The molecule has 1 fully saturated rings. The molecule has 1 aliphatic heterocycles. The number of pyridine rings is 1. The van der Waals surface area contributed by atoms with Crippen molar-refractivity contribution in [2.45, 2.75) is 51.0 Å². The van der Waals surface area contributed by atoms with Crippen LogP contribution in [0.5, 0.6) is 0 Å². The quantitative estimate of drug-likeness (QED) is 0.639. The van der Waals surface area contributed by atoms with Gasteiger partial charge in [0.1, 0.15) is 0 Å². The number of amides is 2. The molecular weight excluding hydrogens is 354 g/mol. The molecule has 2 heterocycles. The summed E-state index contributed by atoms with van der Waals surface area (Å²) in [5, 5.41) is 18.0. The molecule has 2 amide bonds. The molecule has 3 atom stereocenters. The number of piperidine rings is 1. The third-order valence-corrected chi connectivity index (χ3v) is 6.04. The van der Waals surface area contributed by atoms with Crippen LogP contribution in [0.1, 0.15) is 56.6 Å². The molecule has 150 valence electrons. The maximum absolute atomic E-state index is 11.5. The van der Waals surface area contributed by atoms with Gasteiger partial charge >= 0.3 is 0 Å². The largest absolute Gasteiger partial charge is 0.385 e. The van der Waals surface area contributed by atoms with Gasteiger partial charge in [0.2, 0.25) is 12.3 Å². The number of carbonyl (C=O) groups is 2. The highest BCUT2D eigenvalue weighted by atomic mass is 16.3. The average molecular weight is 383 g/mol. The summed E-state index contributed by atoms with van der Waals surface area (Å²) in [6, 6.07) is 8.13. The van der Waals surface area contributed by atoms with Gasteiger partial charge in [-0.15, -0.1) is 0 Å². The first-order valence-corrected chi connectivity index (χ1v) is 10.0. The fourth-order valence-corrected chi connectivity index (χ4v) is 4.13. The number of carbonyl (C=O) groups excluding carboxylic acids is 2. The molecule has 3 rings (SSSR count). The molecule has 1 aromatic heterocycles. The Bertz CT molecular complexity index is 854. The number of nitrogens with one attached hydrogen (secondary N) is 2. The molecule has 6 nitrogen and oxygen atoms in total. The highest BCUT2D eigenvalue weighted by Gasteiger charge is 2.39. The second-order valence-electron chi connectivity index (χ2n) is 7.78. The summed E-state index contributed by atoms with van der Waals surface area (Å²) in [5.41, 5.74) is 2.07. The maximum Gasteiger partial charge on any atom is 0.226 e. The summed E-state index contributed by atoms with van der Waals surface area (Å²) in [5.74, 6) is 0.0602. The molecule has 0 spiro atoms. The lowest BCUT2D eigenvalue weighted by molar-refractivity contribution is -0.125. The topological polar surface area (TPSA) is 91.3 Å². The Balaban J connectivity index is 1.85. The van der Waals surface area contributed by atoms with Crippen molar-refractivity contribution in [2.75, 3.05) is 13.1 Å². The van der Waals surface area contributed by atoms with E-state index in [0.29, 0.717) is 25.7 Å². The number of nitrogens with zero attached hydrogens (tertiary/aromatic N) is 1. The van der Waals surface area contributed by atoms with Gasteiger partial charge in [-0.3, -0.25) is 19.9 Å². The molecule has 6 heteroatoms. The molecule has 1 aromatic carbocycles. The van der Waals surface area contributed by atoms with E-state index in [9.17, 15) is 14.7 Å². The van der Waals surface area contributed by atoms with Gasteiger partial charge < -0.3 is 10.4 Å². The van der Waals surface area contributed by atoms with Crippen molar-refractivity contribution in [1.29, 1.82) is 0 Å². The Labute approximate surface area is 165 Å². The monoisotopic (exact) mass is 383 g/mol. The summed E-state index contributed by atoms with van der Waals surface area (Å²) >= 11 is 0. The number of rotatable bonds is 7. The number of fused-ring (bicyclic) bond motifs is 1. The fourth-order valence-electron chi connectivity index (χ4n) is 4.13. The number of hydrogen-bond acceptors (Lipinski definition) is 5. The van der Waals surface area contributed by atoms with Crippen molar-refractivity contribution in [3.05, 3.63) is 41.6 Å². The minimum atomic E-state index is -0.817. The lowest BCUT2D eigenvalue weighted by atomic mass is 9.75. The van der Waals surface area contributed by atoms with E-state index in [-0.39, 0.29) is 17.7 Å². The highest BCUT2D eigenvalue weighted by molar-refractivity contribution is 5.85. The fraction of sp³-hybridized carbons (Fsp3) is 0.500. The molecule has 3 unspecified atom stereocenters. The Morgan fingerprint density at radius 1 is 1.46 bits per heavy atom. The normalized spacial score (nSPS) is 23.3. The van der Waals surface area contributed by atoms with Gasteiger partial charge in [-0.25, -0.2) is 0 Å².